The predicted octanol–water partition coefficient (Wildman–Crippen LogP) is 2.78. The van der Waals surface area contributed by atoms with Crippen molar-refractivity contribution in [3.8, 4) is 0 Å². The molecule has 0 saturated carbocycles. The number of benzene rings is 1. The van der Waals surface area contributed by atoms with Crippen molar-refractivity contribution in [2.24, 2.45) is 5.92 Å². The van der Waals surface area contributed by atoms with Crippen LogP contribution in [0.1, 0.15) is 40.0 Å². The summed E-state index contributed by atoms with van der Waals surface area (Å²) < 4.78 is 27.3. The normalized spacial score (nSPS) is 17.8. The van der Waals surface area contributed by atoms with Crippen molar-refractivity contribution < 1.29 is 13.2 Å². The van der Waals surface area contributed by atoms with E-state index in [1.807, 2.05) is 0 Å². The lowest BCUT2D eigenvalue weighted by Crippen LogP contribution is -2.48. The number of anilines is 1. The molecule has 0 spiro atoms. The SMILES string of the molecule is CCCC(C)CC(=O)Nc1cccc(S(=O)(=O)N2CCN(CC)CC2)c1. The minimum absolute atomic E-state index is 0.0722. The second-order valence-corrected chi connectivity index (χ2v) is 8.95. The molecule has 146 valence electrons. The Balaban J connectivity index is 2.04. The number of carbonyl (C=O) groups is 1. The Kier molecular flexibility index (Phi) is 7.61. The van der Waals surface area contributed by atoms with Crippen molar-refractivity contribution in [3.05, 3.63) is 24.3 Å². The van der Waals surface area contributed by atoms with Gasteiger partial charge in [-0.3, -0.25) is 4.79 Å². The number of amides is 1. The Hall–Kier alpha value is -1.44. The van der Waals surface area contributed by atoms with Gasteiger partial charge in [-0.15, -0.1) is 0 Å². The van der Waals surface area contributed by atoms with E-state index >= 15 is 0 Å². The van der Waals surface area contributed by atoms with Crippen molar-refractivity contribution in [2.75, 3.05) is 38.0 Å². The zero-order valence-corrected chi connectivity index (χ0v) is 16.9. The van der Waals surface area contributed by atoms with Gasteiger partial charge in [0.1, 0.15) is 0 Å². The summed E-state index contributed by atoms with van der Waals surface area (Å²) in [6, 6.07) is 6.57. The Bertz CT molecular complexity index is 698. The van der Waals surface area contributed by atoms with Crippen LogP contribution in [0.15, 0.2) is 29.2 Å². The molecule has 0 radical (unpaired) electrons. The standard InChI is InChI=1S/C19H31N3O3S/c1-4-7-16(3)14-19(23)20-17-8-6-9-18(15-17)26(24,25)22-12-10-21(5-2)11-13-22/h6,8-9,15-16H,4-5,7,10-14H2,1-3H3,(H,20,23). The first-order chi connectivity index (χ1) is 12.4. The van der Waals surface area contributed by atoms with Crippen molar-refractivity contribution in [3.63, 3.8) is 0 Å². The molecule has 1 saturated heterocycles. The number of nitrogens with zero attached hydrogens (tertiary/aromatic N) is 2. The summed E-state index contributed by atoms with van der Waals surface area (Å²) >= 11 is 0. The molecule has 1 unspecified atom stereocenters. The van der Waals surface area contributed by atoms with Crippen molar-refractivity contribution in [1.82, 2.24) is 9.21 Å². The summed E-state index contributed by atoms with van der Waals surface area (Å²) in [6.07, 6.45) is 2.50. The third-order valence-corrected chi connectivity index (χ3v) is 6.74. The number of likely N-dealkylation sites (N-methyl/N-ethyl adjacent to an activating group) is 1. The van der Waals surface area contributed by atoms with E-state index in [4.69, 9.17) is 0 Å². The largest absolute Gasteiger partial charge is 0.326 e. The molecule has 7 heteroatoms. The van der Waals surface area contributed by atoms with Gasteiger partial charge in [0.25, 0.3) is 0 Å². The summed E-state index contributed by atoms with van der Waals surface area (Å²) in [6.45, 7) is 9.68. The maximum atomic E-state index is 12.9. The fourth-order valence-corrected chi connectivity index (χ4v) is 4.76. The lowest BCUT2D eigenvalue weighted by molar-refractivity contribution is -0.117. The molecule has 26 heavy (non-hydrogen) atoms. The molecule has 1 N–H and O–H groups in total. The fourth-order valence-electron chi connectivity index (χ4n) is 3.29. The molecule has 0 bridgehead atoms. The summed E-state index contributed by atoms with van der Waals surface area (Å²) in [5, 5.41) is 2.83. The number of hydrogen-bond donors (Lipinski definition) is 1. The molecule has 1 atom stereocenters. The molecule has 1 aliphatic heterocycles. The van der Waals surface area contributed by atoms with Gasteiger partial charge >= 0.3 is 0 Å². The zero-order valence-electron chi connectivity index (χ0n) is 16.1. The Morgan fingerprint density at radius 3 is 2.50 bits per heavy atom. The molecular formula is C19H31N3O3S. The molecule has 6 nitrogen and oxygen atoms in total. The number of hydrogen-bond acceptors (Lipinski definition) is 4. The monoisotopic (exact) mass is 381 g/mol. The van der Waals surface area contributed by atoms with Gasteiger partial charge in [0.05, 0.1) is 4.90 Å². The van der Waals surface area contributed by atoms with E-state index < -0.39 is 10.0 Å². The Labute approximate surface area is 157 Å². The predicted molar refractivity (Wildman–Crippen MR) is 105 cm³/mol. The van der Waals surface area contributed by atoms with Crippen LogP contribution in [0.25, 0.3) is 0 Å². The van der Waals surface area contributed by atoms with E-state index in [1.165, 1.54) is 4.31 Å². The highest BCUT2D eigenvalue weighted by molar-refractivity contribution is 7.89. The van der Waals surface area contributed by atoms with Crippen LogP contribution in [-0.4, -0.2) is 56.3 Å². The Morgan fingerprint density at radius 1 is 1.19 bits per heavy atom. The molecule has 2 rings (SSSR count). The third kappa shape index (κ3) is 5.53. The van der Waals surface area contributed by atoms with Gasteiger partial charge in [0, 0.05) is 38.3 Å². The van der Waals surface area contributed by atoms with Crippen LogP contribution in [0.5, 0.6) is 0 Å². The van der Waals surface area contributed by atoms with Crippen molar-refractivity contribution in [2.45, 2.75) is 44.9 Å². The maximum Gasteiger partial charge on any atom is 0.243 e. The van der Waals surface area contributed by atoms with Crippen LogP contribution in [-0.2, 0) is 14.8 Å². The van der Waals surface area contributed by atoms with E-state index in [9.17, 15) is 13.2 Å². The number of sulfonamides is 1. The number of carbonyl (C=O) groups excluding carboxylic acids is 1. The quantitative estimate of drug-likeness (QED) is 0.752. The van der Waals surface area contributed by atoms with Gasteiger partial charge < -0.3 is 10.2 Å². The van der Waals surface area contributed by atoms with Gasteiger partial charge in [-0.2, -0.15) is 4.31 Å². The minimum Gasteiger partial charge on any atom is -0.326 e. The molecule has 1 amide bonds. The maximum absolute atomic E-state index is 12.9. The van der Waals surface area contributed by atoms with Crippen LogP contribution in [0.2, 0.25) is 0 Å². The van der Waals surface area contributed by atoms with E-state index in [-0.39, 0.29) is 10.8 Å². The Morgan fingerprint density at radius 2 is 1.88 bits per heavy atom. The van der Waals surface area contributed by atoms with E-state index in [2.05, 4.69) is 31.0 Å². The number of piperazine rings is 1. The first kappa shape index (κ1) is 20.9. The van der Waals surface area contributed by atoms with Crippen LogP contribution < -0.4 is 5.32 Å². The highest BCUT2D eigenvalue weighted by atomic mass is 32.2. The molecule has 1 heterocycles. The van der Waals surface area contributed by atoms with Gasteiger partial charge in [-0.25, -0.2) is 8.42 Å². The van der Waals surface area contributed by atoms with E-state index in [0.717, 1.165) is 32.5 Å². The van der Waals surface area contributed by atoms with Gasteiger partial charge in [0.15, 0.2) is 0 Å². The molecule has 1 fully saturated rings. The average molecular weight is 382 g/mol. The second-order valence-electron chi connectivity index (χ2n) is 7.01. The summed E-state index contributed by atoms with van der Waals surface area (Å²) in [5.41, 5.74) is 0.534. The summed E-state index contributed by atoms with van der Waals surface area (Å²) in [4.78, 5) is 14.6. The smallest absolute Gasteiger partial charge is 0.243 e. The van der Waals surface area contributed by atoms with E-state index in [1.54, 1.807) is 24.3 Å². The summed E-state index contributed by atoms with van der Waals surface area (Å²) in [7, 11) is -3.53. The van der Waals surface area contributed by atoms with Gasteiger partial charge in [-0.1, -0.05) is 39.7 Å². The third-order valence-electron chi connectivity index (χ3n) is 4.85. The molecule has 0 aliphatic carbocycles. The molecule has 1 aliphatic rings. The lowest BCUT2D eigenvalue weighted by Gasteiger charge is -2.33. The first-order valence-corrected chi connectivity index (χ1v) is 10.9. The fraction of sp³-hybridized carbons (Fsp3) is 0.632. The van der Waals surface area contributed by atoms with Gasteiger partial charge in [-0.05, 0) is 30.7 Å². The minimum atomic E-state index is -3.53. The molecule has 0 aromatic heterocycles. The van der Waals surface area contributed by atoms with Gasteiger partial charge in [0.2, 0.25) is 15.9 Å². The highest BCUT2D eigenvalue weighted by Gasteiger charge is 2.28. The number of nitrogens with one attached hydrogen (secondary N) is 1. The van der Waals surface area contributed by atoms with Crippen molar-refractivity contribution >= 4 is 21.6 Å². The van der Waals surface area contributed by atoms with Crippen molar-refractivity contribution in [1.29, 1.82) is 0 Å². The van der Waals surface area contributed by atoms with Crippen LogP contribution in [0.3, 0.4) is 0 Å². The zero-order chi connectivity index (χ0) is 19.2. The average Bonchev–Trinajstić information content (AvgIpc) is 2.62. The van der Waals surface area contributed by atoms with Crippen LogP contribution in [0.4, 0.5) is 5.69 Å². The molecular weight excluding hydrogens is 350 g/mol. The first-order valence-electron chi connectivity index (χ1n) is 9.49. The number of rotatable bonds is 8. The van der Waals surface area contributed by atoms with Crippen LogP contribution in [0, 0.1) is 5.92 Å². The molecule has 1 aromatic rings. The lowest BCUT2D eigenvalue weighted by atomic mass is 10.0. The van der Waals surface area contributed by atoms with E-state index in [0.29, 0.717) is 31.1 Å². The second kappa shape index (κ2) is 9.48. The topological polar surface area (TPSA) is 69.7 Å². The van der Waals surface area contributed by atoms with Crippen LogP contribution >= 0.6 is 0 Å². The molecule has 1 aromatic carbocycles. The summed E-state index contributed by atoms with van der Waals surface area (Å²) in [5.74, 6) is 0.249. The highest BCUT2D eigenvalue weighted by Crippen LogP contribution is 2.21.